The van der Waals surface area contributed by atoms with Crippen LogP contribution in [0.2, 0.25) is 0 Å². The number of hydrogen-bond acceptors (Lipinski definition) is 4. The largest absolute Gasteiger partial charge is 0.497 e. The Hall–Kier alpha value is -2.69. The second-order valence-corrected chi connectivity index (χ2v) is 4.84. The van der Waals surface area contributed by atoms with Gasteiger partial charge in [0.15, 0.2) is 0 Å². The van der Waals surface area contributed by atoms with Gasteiger partial charge < -0.3 is 19.1 Å². The summed E-state index contributed by atoms with van der Waals surface area (Å²) in [5, 5.41) is 0. The van der Waals surface area contributed by atoms with Crippen molar-refractivity contribution in [2.45, 2.75) is 0 Å². The van der Waals surface area contributed by atoms with E-state index in [1.54, 1.807) is 37.3 Å². The topological polar surface area (TPSA) is 48.0 Å². The molecule has 0 bridgehead atoms. The molecule has 0 atom stereocenters. The lowest BCUT2D eigenvalue weighted by molar-refractivity contribution is 0.0973. The minimum Gasteiger partial charge on any atom is -0.497 e. The molecule has 114 valence electrons. The van der Waals surface area contributed by atoms with Gasteiger partial charge in [0.1, 0.15) is 23.9 Å². The molecule has 22 heavy (non-hydrogen) atoms. The molecule has 0 radical (unpaired) electrons. The van der Waals surface area contributed by atoms with Crippen LogP contribution in [0.3, 0.4) is 0 Å². The van der Waals surface area contributed by atoms with E-state index >= 15 is 0 Å². The second-order valence-electron chi connectivity index (χ2n) is 4.84. The molecule has 0 saturated carbocycles. The molecule has 0 spiro atoms. The number of hydrogen-bond donors (Lipinski definition) is 0. The first kappa shape index (κ1) is 14.3. The number of benzene rings is 2. The highest BCUT2D eigenvalue weighted by Gasteiger charge is 2.26. The van der Waals surface area contributed by atoms with E-state index in [2.05, 4.69) is 0 Å². The summed E-state index contributed by atoms with van der Waals surface area (Å²) in [4.78, 5) is 14.6. The van der Waals surface area contributed by atoms with Gasteiger partial charge in [-0.1, -0.05) is 12.1 Å². The summed E-state index contributed by atoms with van der Waals surface area (Å²) >= 11 is 0. The predicted octanol–water partition coefficient (Wildman–Crippen LogP) is 2.74. The van der Waals surface area contributed by atoms with Gasteiger partial charge in [0.25, 0.3) is 5.91 Å². The van der Waals surface area contributed by atoms with E-state index in [0.29, 0.717) is 36.0 Å². The Labute approximate surface area is 129 Å². The predicted molar refractivity (Wildman–Crippen MR) is 83.2 cm³/mol. The highest BCUT2D eigenvalue weighted by Crippen LogP contribution is 2.34. The number of rotatable bonds is 3. The van der Waals surface area contributed by atoms with E-state index in [1.807, 2.05) is 24.3 Å². The lowest BCUT2D eigenvalue weighted by atomic mass is 10.1. The first-order chi connectivity index (χ1) is 10.7. The fraction of sp³-hybridized carbons (Fsp3) is 0.235. The molecule has 0 aliphatic carbocycles. The second kappa shape index (κ2) is 5.97. The van der Waals surface area contributed by atoms with Crippen molar-refractivity contribution in [1.82, 2.24) is 0 Å². The summed E-state index contributed by atoms with van der Waals surface area (Å²) in [5.74, 6) is 1.72. The maximum atomic E-state index is 12.9. The highest BCUT2D eigenvalue weighted by atomic mass is 16.5. The number of amides is 1. The molecule has 0 unspecified atom stereocenters. The molecule has 1 aliphatic rings. The number of para-hydroxylation sites is 2. The van der Waals surface area contributed by atoms with E-state index in [-0.39, 0.29) is 5.91 Å². The Morgan fingerprint density at radius 3 is 2.73 bits per heavy atom. The van der Waals surface area contributed by atoms with Crippen molar-refractivity contribution in [2.75, 3.05) is 32.3 Å². The number of carbonyl (C=O) groups is 1. The zero-order valence-electron chi connectivity index (χ0n) is 12.5. The Kier molecular flexibility index (Phi) is 3.87. The van der Waals surface area contributed by atoms with E-state index in [0.717, 1.165) is 5.69 Å². The van der Waals surface area contributed by atoms with Crippen molar-refractivity contribution in [1.29, 1.82) is 0 Å². The zero-order valence-corrected chi connectivity index (χ0v) is 12.5. The monoisotopic (exact) mass is 299 g/mol. The van der Waals surface area contributed by atoms with Crippen LogP contribution in [0.1, 0.15) is 10.4 Å². The molecular weight excluding hydrogens is 282 g/mol. The van der Waals surface area contributed by atoms with Crippen molar-refractivity contribution in [2.24, 2.45) is 0 Å². The first-order valence-electron chi connectivity index (χ1n) is 7.00. The molecule has 0 saturated heterocycles. The minimum absolute atomic E-state index is 0.133. The van der Waals surface area contributed by atoms with Gasteiger partial charge >= 0.3 is 0 Å². The lowest BCUT2D eigenvalue weighted by Gasteiger charge is -2.29. The van der Waals surface area contributed by atoms with Gasteiger partial charge in [-0.25, -0.2) is 0 Å². The molecule has 0 N–H and O–H groups in total. The summed E-state index contributed by atoms with van der Waals surface area (Å²) in [6, 6.07) is 12.7. The molecule has 5 nitrogen and oxygen atoms in total. The first-order valence-corrected chi connectivity index (χ1v) is 7.00. The van der Waals surface area contributed by atoms with Crippen LogP contribution in [0.5, 0.6) is 17.2 Å². The maximum Gasteiger partial charge on any atom is 0.262 e. The third-order valence-corrected chi connectivity index (χ3v) is 3.61. The van der Waals surface area contributed by atoms with Crippen LogP contribution in [0.15, 0.2) is 42.5 Å². The molecule has 1 heterocycles. The third kappa shape index (κ3) is 2.45. The number of anilines is 1. The Bertz CT molecular complexity index is 699. The van der Waals surface area contributed by atoms with Gasteiger partial charge in [-0.2, -0.15) is 0 Å². The van der Waals surface area contributed by atoms with Gasteiger partial charge in [-0.05, 0) is 30.3 Å². The van der Waals surface area contributed by atoms with Crippen LogP contribution in [0.25, 0.3) is 0 Å². The van der Waals surface area contributed by atoms with Crippen LogP contribution in [0, 0.1) is 0 Å². The molecule has 1 aliphatic heterocycles. The van der Waals surface area contributed by atoms with Gasteiger partial charge in [0.2, 0.25) is 0 Å². The third-order valence-electron chi connectivity index (χ3n) is 3.61. The Balaban J connectivity index is 2.02. The molecule has 0 fully saturated rings. The molecule has 0 aromatic heterocycles. The Morgan fingerprint density at radius 1 is 1.14 bits per heavy atom. The van der Waals surface area contributed by atoms with Crippen LogP contribution >= 0.6 is 0 Å². The van der Waals surface area contributed by atoms with Crippen LogP contribution in [-0.4, -0.2) is 33.3 Å². The summed E-state index contributed by atoms with van der Waals surface area (Å²) in [7, 11) is 3.12. The van der Waals surface area contributed by atoms with Gasteiger partial charge in [-0.3, -0.25) is 4.79 Å². The fourth-order valence-electron chi connectivity index (χ4n) is 2.51. The van der Waals surface area contributed by atoms with E-state index in [9.17, 15) is 4.79 Å². The summed E-state index contributed by atoms with van der Waals surface area (Å²) in [6.07, 6.45) is 0. The van der Waals surface area contributed by atoms with E-state index < -0.39 is 0 Å². The number of fused-ring (bicyclic) bond motifs is 1. The lowest BCUT2D eigenvalue weighted by Crippen LogP contribution is -2.38. The molecule has 3 rings (SSSR count). The number of nitrogens with zero attached hydrogens (tertiary/aromatic N) is 1. The summed E-state index contributed by atoms with van der Waals surface area (Å²) < 4.78 is 16.1. The number of carbonyl (C=O) groups excluding carboxylic acids is 1. The van der Waals surface area contributed by atoms with Crippen LogP contribution in [0.4, 0.5) is 5.69 Å². The normalized spacial score (nSPS) is 13.1. The average Bonchev–Trinajstić information content (AvgIpc) is 2.60. The van der Waals surface area contributed by atoms with E-state index in [1.165, 1.54) is 0 Å². The SMILES string of the molecule is COc1ccc(OC)c(C(=O)N2CCOc3ccccc32)c1. The van der Waals surface area contributed by atoms with Crippen LogP contribution in [-0.2, 0) is 0 Å². The van der Waals surface area contributed by atoms with Gasteiger partial charge in [0.05, 0.1) is 32.0 Å². The molecule has 2 aromatic rings. The van der Waals surface area contributed by atoms with Gasteiger partial charge in [-0.15, -0.1) is 0 Å². The smallest absolute Gasteiger partial charge is 0.262 e. The molecule has 5 heteroatoms. The molecule has 1 amide bonds. The average molecular weight is 299 g/mol. The van der Waals surface area contributed by atoms with Crippen LogP contribution < -0.4 is 19.1 Å². The van der Waals surface area contributed by atoms with Crippen molar-refractivity contribution in [3.05, 3.63) is 48.0 Å². The van der Waals surface area contributed by atoms with Crippen molar-refractivity contribution in [3.8, 4) is 17.2 Å². The zero-order chi connectivity index (χ0) is 15.5. The van der Waals surface area contributed by atoms with Gasteiger partial charge in [0, 0.05) is 0 Å². The summed E-state index contributed by atoms with van der Waals surface area (Å²) in [5.41, 5.74) is 1.24. The standard InChI is InChI=1S/C17H17NO4/c1-20-12-7-8-15(21-2)13(11-12)17(19)18-9-10-22-16-6-4-3-5-14(16)18/h3-8,11H,9-10H2,1-2H3. The van der Waals surface area contributed by atoms with E-state index in [4.69, 9.17) is 14.2 Å². The quantitative estimate of drug-likeness (QED) is 0.874. The number of ether oxygens (including phenoxy) is 3. The van der Waals surface area contributed by atoms with Crippen molar-refractivity contribution < 1.29 is 19.0 Å². The van der Waals surface area contributed by atoms with Crippen molar-refractivity contribution in [3.63, 3.8) is 0 Å². The fourth-order valence-corrected chi connectivity index (χ4v) is 2.51. The molecule has 2 aromatic carbocycles. The Morgan fingerprint density at radius 2 is 1.95 bits per heavy atom. The maximum absolute atomic E-state index is 12.9. The van der Waals surface area contributed by atoms with Crippen molar-refractivity contribution >= 4 is 11.6 Å². The summed E-state index contributed by atoms with van der Waals surface area (Å²) in [6.45, 7) is 0.964. The molecular formula is C17H17NO4. The highest BCUT2D eigenvalue weighted by molar-refractivity contribution is 6.09. The minimum atomic E-state index is -0.133. The number of methoxy groups -OCH3 is 2.